The molecule has 0 radical (unpaired) electrons. The van der Waals surface area contributed by atoms with Gasteiger partial charge in [0.2, 0.25) is 5.91 Å². The fraction of sp³-hybridized carbons (Fsp3) is 0.435. The second kappa shape index (κ2) is 11.4. The Bertz CT molecular complexity index is 770. The number of methoxy groups -OCH3 is 4. The first-order chi connectivity index (χ1) is 14.9. The van der Waals surface area contributed by atoms with E-state index in [1.165, 1.54) is 0 Å². The maximum absolute atomic E-state index is 13.3. The van der Waals surface area contributed by atoms with Crippen molar-refractivity contribution in [2.24, 2.45) is 16.9 Å². The fourth-order valence-corrected chi connectivity index (χ4v) is 3.55. The van der Waals surface area contributed by atoms with Crippen LogP contribution in [0.5, 0.6) is 23.0 Å². The highest BCUT2D eigenvalue weighted by atomic mass is 16.5. The van der Waals surface area contributed by atoms with Crippen LogP contribution in [-0.4, -0.2) is 54.0 Å². The Labute approximate surface area is 183 Å². The van der Waals surface area contributed by atoms with Gasteiger partial charge in [0.1, 0.15) is 23.0 Å². The summed E-state index contributed by atoms with van der Waals surface area (Å²) in [4.78, 5) is 13.3. The zero-order valence-corrected chi connectivity index (χ0v) is 18.7. The maximum atomic E-state index is 13.3. The van der Waals surface area contributed by atoms with Crippen LogP contribution in [0, 0.1) is 5.41 Å². The summed E-state index contributed by atoms with van der Waals surface area (Å²) < 4.78 is 21.6. The van der Waals surface area contributed by atoms with E-state index in [4.69, 9.17) is 30.4 Å². The summed E-state index contributed by atoms with van der Waals surface area (Å²) in [7, 11) is 6.35. The third kappa shape index (κ3) is 6.26. The zero-order chi connectivity index (χ0) is 22.9. The molecule has 8 heteroatoms. The van der Waals surface area contributed by atoms with E-state index in [9.17, 15) is 4.79 Å². The fourth-order valence-electron chi connectivity index (χ4n) is 3.55. The van der Waals surface area contributed by atoms with Gasteiger partial charge in [-0.25, -0.2) is 0 Å². The molecule has 0 aliphatic carbocycles. The van der Waals surface area contributed by atoms with Gasteiger partial charge < -0.3 is 35.7 Å². The van der Waals surface area contributed by atoms with Crippen molar-refractivity contribution in [2.75, 3.05) is 48.1 Å². The standard InChI is InChI=1S/C23H33N3O5/c1-28-18-7-16(8-19(11-18)29-2)13-23(15-25,22(27)26-6-5-24)14-17-9-20(30-3)12-21(10-17)31-4/h7-12H,5-6,13-15,24-25H2,1-4H3,(H,26,27). The number of ether oxygens (including phenoxy) is 4. The SMILES string of the molecule is COc1cc(CC(CN)(Cc2cc(OC)cc(OC)c2)C(=O)NCCN)cc(OC)c1. The van der Waals surface area contributed by atoms with Gasteiger partial charge in [0.05, 0.1) is 33.9 Å². The van der Waals surface area contributed by atoms with Gasteiger partial charge in [-0.3, -0.25) is 4.79 Å². The Kier molecular flexibility index (Phi) is 8.96. The van der Waals surface area contributed by atoms with E-state index in [-0.39, 0.29) is 12.5 Å². The predicted octanol–water partition coefficient (Wildman–Crippen LogP) is 1.53. The first kappa shape index (κ1) is 24.3. The molecule has 0 saturated heterocycles. The van der Waals surface area contributed by atoms with Crippen molar-refractivity contribution < 1.29 is 23.7 Å². The van der Waals surface area contributed by atoms with Crippen LogP contribution in [0.3, 0.4) is 0 Å². The zero-order valence-electron chi connectivity index (χ0n) is 18.7. The Morgan fingerprint density at radius 2 is 1.16 bits per heavy atom. The van der Waals surface area contributed by atoms with Crippen molar-refractivity contribution in [3.8, 4) is 23.0 Å². The summed E-state index contributed by atoms with van der Waals surface area (Å²) in [5.41, 5.74) is 12.7. The van der Waals surface area contributed by atoms with E-state index in [2.05, 4.69) is 5.32 Å². The van der Waals surface area contributed by atoms with Gasteiger partial charge in [0.25, 0.3) is 0 Å². The molecule has 0 aliphatic rings. The van der Waals surface area contributed by atoms with Gasteiger partial charge in [0.15, 0.2) is 0 Å². The summed E-state index contributed by atoms with van der Waals surface area (Å²) in [5, 5.41) is 2.91. The molecule has 0 fully saturated rings. The molecule has 2 aromatic rings. The molecule has 0 aliphatic heterocycles. The molecule has 2 rings (SSSR count). The van der Waals surface area contributed by atoms with Crippen LogP contribution in [-0.2, 0) is 17.6 Å². The van der Waals surface area contributed by atoms with Crippen molar-refractivity contribution in [1.82, 2.24) is 5.32 Å². The Hall–Kier alpha value is -2.97. The Balaban J connectivity index is 2.50. The lowest BCUT2D eigenvalue weighted by Gasteiger charge is -2.32. The van der Waals surface area contributed by atoms with Crippen molar-refractivity contribution in [3.05, 3.63) is 47.5 Å². The highest BCUT2D eigenvalue weighted by Gasteiger charge is 2.38. The number of nitrogens with two attached hydrogens (primary N) is 2. The molecule has 0 spiro atoms. The van der Waals surface area contributed by atoms with Crippen molar-refractivity contribution in [3.63, 3.8) is 0 Å². The van der Waals surface area contributed by atoms with E-state index >= 15 is 0 Å². The molecule has 1 amide bonds. The summed E-state index contributed by atoms with van der Waals surface area (Å²) in [6.07, 6.45) is 0.764. The number of hydrogen-bond donors (Lipinski definition) is 3. The first-order valence-corrected chi connectivity index (χ1v) is 10.1. The van der Waals surface area contributed by atoms with Crippen LogP contribution in [0.1, 0.15) is 11.1 Å². The van der Waals surface area contributed by atoms with E-state index in [1.54, 1.807) is 40.6 Å². The van der Waals surface area contributed by atoms with Crippen LogP contribution >= 0.6 is 0 Å². The molecule has 0 aromatic heterocycles. The summed E-state index contributed by atoms with van der Waals surface area (Å²) in [5.74, 6) is 2.41. The number of benzene rings is 2. The molecule has 0 unspecified atom stereocenters. The topological polar surface area (TPSA) is 118 Å². The van der Waals surface area contributed by atoms with Gasteiger partial charge in [-0.05, 0) is 48.2 Å². The minimum atomic E-state index is -0.927. The molecule has 0 atom stereocenters. The molecule has 0 saturated carbocycles. The maximum Gasteiger partial charge on any atom is 0.228 e. The molecule has 0 bridgehead atoms. The van der Waals surface area contributed by atoms with Gasteiger partial charge in [-0.2, -0.15) is 0 Å². The van der Waals surface area contributed by atoms with Gasteiger partial charge >= 0.3 is 0 Å². The number of carbonyl (C=O) groups is 1. The van der Waals surface area contributed by atoms with Gasteiger partial charge in [0, 0.05) is 31.8 Å². The van der Waals surface area contributed by atoms with Crippen LogP contribution < -0.4 is 35.7 Å². The third-order valence-electron chi connectivity index (χ3n) is 5.21. The second-order valence-electron chi connectivity index (χ2n) is 7.32. The summed E-state index contributed by atoms with van der Waals surface area (Å²) in [6.45, 7) is 0.832. The molecule has 2 aromatic carbocycles. The smallest absolute Gasteiger partial charge is 0.228 e. The number of hydrogen-bond acceptors (Lipinski definition) is 7. The molecule has 31 heavy (non-hydrogen) atoms. The normalized spacial score (nSPS) is 11.0. The van der Waals surface area contributed by atoms with Crippen LogP contribution in [0.25, 0.3) is 0 Å². The minimum absolute atomic E-state index is 0.127. The second-order valence-corrected chi connectivity index (χ2v) is 7.32. The molecule has 5 N–H and O–H groups in total. The lowest BCUT2D eigenvalue weighted by Crippen LogP contribution is -2.50. The first-order valence-electron chi connectivity index (χ1n) is 10.1. The molecule has 170 valence electrons. The van der Waals surface area contributed by atoms with E-state index < -0.39 is 5.41 Å². The molecular formula is C23H33N3O5. The highest BCUT2D eigenvalue weighted by Crippen LogP contribution is 2.33. The Morgan fingerprint density at radius 3 is 1.45 bits per heavy atom. The number of amides is 1. The van der Waals surface area contributed by atoms with Gasteiger partial charge in [-0.15, -0.1) is 0 Å². The number of rotatable bonds is 12. The van der Waals surface area contributed by atoms with Crippen LogP contribution in [0.15, 0.2) is 36.4 Å². The average molecular weight is 432 g/mol. The molecule has 0 heterocycles. The van der Waals surface area contributed by atoms with Gasteiger partial charge in [-0.1, -0.05) is 0 Å². The van der Waals surface area contributed by atoms with E-state index in [1.807, 2.05) is 24.3 Å². The number of nitrogens with one attached hydrogen (secondary N) is 1. The Morgan fingerprint density at radius 1 is 0.774 bits per heavy atom. The largest absolute Gasteiger partial charge is 0.497 e. The quantitative estimate of drug-likeness (QED) is 0.466. The van der Waals surface area contributed by atoms with Crippen molar-refractivity contribution >= 4 is 5.91 Å². The number of carbonyl (C=O) groups excluding carboxylic acids is 1. The monoisotopic (exact) mass is 431 g/mol. The van der Waals surface area contributed by atoms with Crippen LogP contribution in [0.2, 0.25) is 0 Å². The summed E-state index contributed by atoms with van der Waals surface area (Å²) >= 11 is 0. The highest BCUT2D eigenvalue weighted by molar-refractivity contribution is 5.83. The van der Waals surface area contributed by atoms with E-state index in [0.717, 1.165) is 11.1 Å². The predicted molar refractivity (Wildman–Crippen MR) is 120 cm³/mol. The minimum Gasteiger partial charge on any atom is -0.497 e. The van der Waals surface area contributed by atoms with Crippen molar-refractivity contribution in [1.29, 1.82) is 0 Å². The molecular weight excluding hydrogens is 398 g/mol. The summed E-state index contributed by atoms with van der Waals surface area (Å²) in [6, 6.07) is 11.1. The lowest BCUT2D eigenvalue weighted by molar-refractivity contribution is -0.130. The lowest BCUT2D eigenvalue weighted by atomic mass is 9.75. The average Bonchev–Trinajstić information content (AvgIpc) is 2.81. The van der Waals surface area contributed by atoms with E-state index in [0.29, 0.717) is 48.9 Å². The van der Waals surface area contributed by atoms with Crippen LogP contribution in [0.4, 0.5) is 0 Å². The van der Waals surface area contributed by atoms with Crippen molar-refractivity contribution in [2.45, 2.75) is 12.8 Å². The third-order valence-corrected chi connectivity index (χ3v) is 5.21. The molecule has 8 nitrogen and oxygen atoms in total.